The molecule has 0 spiro atoms. The maximum atomic E-state index is 5.41. The molecule has 3 aromatic rings. The van der Waals surface area contributed by atoms with E-state index in [1.165, 1.54) is 228 Å². The van der Waals surface area contributed by atoms with Crippen molar-refractivity contribution in [2.75, 3.05) is 0 Å². The molecule has 8 bridgehead atoms. The molecule has 2 unspecified atom stereocenters. The average Bonchev–Trinajstić information content (AvgIpc) is 4.12. The highest BCUT2D eigenvalue weighted by Gasteiger charge is 2.22. The van der Waals surface area contributed by atoms with Crippen LogP contribution in [-0.4, -0.2) is 19.9 Å². The highest BCUT2D eigenvalue weighted by molar-refractivity contribution is 5.81. The van der Waals surface area contributed by atoms with Crippen molar-refractivity contribution in [1.82, 2.24) is 19.9 Å². The molecule has 5 rings (SSSR count). The van der Waals surface area contributed by atoms with Crippen LogP contribution in [0.5, 0.6) is 0 Å². The van der Waals surface area contributed by atoms with E-state index in [2.05, 4.69) is 98.4 Å². The van der Waals surface area contributed by atoms with E-state index < -0.39 is 0 Å². The minimum Gasteiger partial charge on any atom is -0.355 e. The Labute approximate surface area is 380 Å². The fraction of sp³-hybridized carbons (Fsp3) is 0.655. The molecule has 3 aromatic heterocycles. The van der Waals surface area contributed by atoms with Gasteiger partial charge in [-0.25, -0.2) is 9.97 Å². The first-order valence-electron chi connectivity index (χ1n) is 26.7. The van der Waals surface area contributed by atoms with Gasteiger partial charge in [-0.05, 0) is 98.2 Å². The van der Waals surface area contributed by atoms with E-state index in [9.17, 15) is 0 Å². The normalized spacial score (nSPS) is 13.4. The number of H-pyrrole nitrogens is 2. The van der Waals surface area contributed by atoms with Gasteiger partial charge >= 0.3 is 0 Å². The molecule has 0 aromatic carbocycles. The highest BCUT2D eigenvalue weighted by Crippen LogP contribution is 2.37. The van der Waals surface area contributed by atoms with Crippen LogP contribution in [0.3, 0.4) is 0 Å². The van der Waals surface area contributed by atoms with Crippen LogP contribution in [-0.2, 0) is 0 Å². The molecule has 0 saturated carbocycles. The lowest BCUT2D eigenvalue weighted by Gasteiger charge is -2.19. The second-order valence-corrected chi connectivity index (χ2v) is 19.3. The summed E-state index contributed by atoms with van der Waals surface area (Å²) in [4.78, 5) is 18.7. The third-order valence-corrected chi connectivity index (χ3v) is 13.9. The third kappa shape index (κ3) is 17.3. The predicted octanol–water partition coefficient (Wildman–Crippen LogP) is 19.4. The summed E-state index contributed by atoms with van der Waals surface area (Å²) in [5.74, 6) is 0.967. The van der Waals surface area contributed by atoms with Gasteiger partial charge < -0.3 is 9.97 Å². The van der Waals surface area contributed by atoms with Gasteiger partial charge in [-0.3, -0.25) is 0 Å². The Hall–Kier alpha value is -3.40. The maximum Gasteiger partial charge on any atom is 0.0694 e. The fourth-order valence-electron chi connectivity index (χ4n) is 10.2. The van der Waals surface area contributed by atoms with Gasteiger partial charge in [-0.1, -0.05) is 207 Å². The lowest BCUT2D eigenvalue weighted by atomic mass is 9.86. The lowest BCUT2D eigenvalue weighted by molar-refractivity contribution is 0.483. The minimum atomic E-state index is 0.460. The van der Waals surface area contributed by atoms with Gasteiger partial charge in [0.15, 0.2) is 0 Å². The van der Waals surface area contributed by atoms with E-state index >= 15 is 0 Å². The molecule has 0 aliphatic carbocycles. The van der Waals surface area contributed by atoms with Crippen molar-refractivity contribution < 1.29 is 0 Å². The molecule has 2 N–H and O–H groups in total. The first kappa shape index (κ1) is 49.6. The number of aromatic amines is 2. The van der Waals surface area contributed by atoms with Crippen LogP contribution in [0.1, 0.15) is 279 Å². The molecular formula is C58H90N4. The van der Waals surface area contributed by atoms with Crippen molar-refractivity contribution >= 4 is 46.4 Å². The van der Waals surface area contributed by atoms with Gasteiger partial charge in [0.2, 0.25) is 0 Å². The van der Waals surface area contributed by atoms with Crippen molar-refractivity contribution in [3.05, 3.63) is 70.3 Å². The first-order chi connectivity index (χ1) is 30.6. The molecule has 4 nitrogen and oxygen atoms in total. The Kier molecular flexibility index (Phi) is 23.9. The Bertz CT molecular complexity index is 1800. The Morgan fingerprint density at radius 3 is 1.00 bits per heavy atom. The second kappa shape index (κ2) is 29.9. The molecule has 2 atom stereocenters. The predicted molar refractivity (Wildman–Crippen MR) is 275 cm³/mol. The van der Waals surface area contributed by atoms with Crippen molar-refractivity contribution in [3.8, 4) is 0 Å². The number of hydrogen-bond donors (Lipinski definition) is 2. The number of aromatic nitrogens is 4. The summed E-state index contributed by atoms with van der Waals surface area (Å²) < 4.78 is 0. The largest absolute Gasteiger partial charge is 0.355 e. The maximum absolute atomic E-state index is 5.41. The van der Waals surface area contributed by atoms with E-state index in [4.69, 9.17) is 9.97 Å². The average molecular weight is 843 g/mol. The number of nitrogens with zero attached hydrogens (tertiary/aromatic N) is 2. The van der Waals surface area contributed by atoms with Crippen molar-refractivity contribution in [3.63, 3.8) is 0 Å². The summed E-state index contributed by atoms with van der Waals surface area (Å²) in [5.41, 5.74) is 11.9. The summed E-state index contributed by atoms with van der Waals surface area (Å²) in [7, 11) is 0. The van der Waals surface area contributed by atoms with Crippen LogP contribution in [0.25, 0.3) is 46.4 Å². The second-order valence-electron chi connectivity index (χ2n) is 19.3. The zero-order valence-corrected chi connectivity index (χ0v) is 40.5. The van der Waals surface area contributed by atoms with Crippen LogP contribution < -0.4 is 0 Å². The van der Waals surface area contributed by atoms with Crippen molar-refractivity contribution in [2.24, 2.45) is 0 Å². The van der Waals surface area contributed by atoms with E-state index in [1.54, 1.807) is 0 Å². The monoisotopic (exact) mass is 843 g/mol. The lowest BCUT2D eigenvalue weighted by Crippen LogP contribution is -2.05. The quantitative estimate of drug-likeness (QED) is 0.0405. The molecule has 0 saturated heterocycles. The van der Waals surface area contributed by atoms with Crippen LogP contribution in [0, 0.1) is 0 Å². The minimum absolute atomic E-state index is 0.460. The van der Waals surface area contributed by atoms with E-state index in [0.29, 0.717) is 11.8 Å². The highest BCUT2D eigenvalue weighted by atomic mass is 14.8. The molecule has 342 valence electrons. The van der Waals surface area contributed by atoms with Gasteiger partial charge in [0.05, 0.1) is 22.8 Å². The molecule has 0 radical (unpaired) electrons. The molecular weight excluding hydrogens is 753 g/mol. The van der Waals surface area contributed by atoms with Crippen molar-refractivity contribution in [2.45, 2.75) is 245 Å². The van der Waals surface area contributed by atoms with Crippen LogP contribution in [0.4, 0.5) is 0 Å². The third-order valence-electron chi connectivity index (χ3n) is 13.9. The van der Waals surface area contributed by atoms with Gasteiger partial charge in [-0.2, -0.15) is 0 Å². The smallest absolute Gasteiger partial charge is 0.0694 e. The number of fused-ring (bicyclic) bond motifs is 8. The molecule has 5 heterocycles. The SMILES string of the molecule is CCCCCCCCCCC(CCCCCCCC)c1c2nc(cc3ccc([nH]3)c(C(CCCCCCCC)CCCCCCCCCC)c3ccc(cc4nc1C=C4)[nH]3)C=C2. The van der Waals surface area contributed by atoms with Crippen LogP contribution in [0.15, 0.2) is 36.4 Å². The summed E-state index contributed by atoms with van der Waals surface area (Å²) in [6, 6.07) is 13.8. The Morgan fingerprint density at radius 1 is 0.355 bits per heavy atom. The van der Waals surface area contributed by atoms with Crippen LogP contribution >= 0.6 is 0 Å². The molecule has 4 heteroatoms. The van der Waals surface area contributed by atoms with E-state index in [0.717, 1.165) is 33.8 Å². The van der Waals surface area contributed by atoms with Crippen LogP contribution in [0.2, 0.25) is 0 Å². The van der Waals surface area contributed by atoms with Gasteiger partial charge in [-0.15, -0.1) is 0 Å². The molecule has 0 amide bonds. The van der Waals surface area contributed by atoms with Gasteiger partial charge in [0.25, 0.3) is 0 Å². The number of rotatable bonds is 34. The summed E-state index contributed by atoms with van der Waals surface area (Å²) in [6.45, 7) is 9.26. The van der Waals surface area contributed by atoms with E-state index in [-0.39, 0.29) is 0 Å². The Balaban J connectivity index is 1.49. The van der Waals surface area contributed by atoms with Gasteiger partial charge in [0, 0.05) is 33.2 Å². The summed E-state index contributed by atoms with van der Waals surface area (Å²) in [5, 5.41) is 0. The number of nitrogens with one attached hydrogen (secondary N) is 2. The zero-order chi connectivity index (χ0) is 43.5. The number of unbranched alkanes of at least 4 members (excludes halogenated alkanes) is 24. The number of hydrogen-bond acceptors (Lipinski definition) is 2. The van der Waals surface area contributed by atoms with Gasteiger partial charge in [0.1, 0.15) is 0 Å². The summed E-state index contributed by atoms with van der Waals surface area (Å²) in [6.07, 6.45) is 51.7. The molecule has 62 heavy (non-hydrogen) atoms. The molecule has 2 aliphatic heterocycles. The zero-order valence-electron chi connectivity index (χ0n) is 40.5. The van der Waals surface area contributed by atoms with E-state index in [1.807, 2.05) is 0 Å². The Morgan fingerprint density at radius 2 is 0.661 bits per heavy atom. The molecule has 0 fully saturated rings. The topological polar surface area (TPSA) is 57.4 Å². The first-order valence-corrected chi connectivity index (χ1v) is 26.7. The fourth-order valence-corrected chi connectivity index (χ4v) is 10.2. The molecule has 2 aliphatic rings. The van der Waals surface area contributed by atoms with Crippen molar-refractivity contribution in [1.29, 1.82) is 0 Å². The standard InChI is InChI=1S/C58H90N4/c1-5-9-13-17-21-23-27-31-35-47(33-29-25-19-15-11-7-3)57-53-41-37-49(59-53)45-51-39-43-55(61-51)58(56-44-40-52(62-56)46-50-38-42-54(57)60-50)48(34-30-26-20-16-12-8-4)36-32-28-24-22-18-14-10-6-2/h37-48,59-60H,5-36H2,1-4H3. The summed E-state index contributed by atoms with van der Waals surface area (Å²) >= 11 is 0.